The number of benzene rings is 1. The number of hydrogen-bond acceptors (Lipinski definition) is 5. The molecule has 0 fully saturated rings. The molecule has 1 rings (SSSR count). The third kappa shape index (κ3) is 6.41. The first-order valence-electron chi connectivity index (χ1n) is 6.82. The number of hydrogen-bond donors (Lipinski definition) is 0. The zero-order valence-corrected chi connectivity index (χ0v) is 12.9. The van der Waals surface area contributed by atoms with Crippen molar-refractivity contribution in [1.82, 2.24) is 0 Å². The van der Waals surface area contributed by atoms with E-state index in [-0.39, 0.29) is 17.9 Å². The van der Waals surface area contributed by atoms with Crippen molar-refractivity contribution in [3.05, 3.63) is 35.4 Å². The van der Waals surface area contributed by atoms with Crippen LogP contribution in [-0.4, -0.2) is 26.7 Å². The Morgan fingerprint density at radius 3 is 2.81 bits per heavy atom. The number of nitrogens with zero attached hydrogens (tertiary/aromatic N) is 1. The molecule has 6 heteroatoms. The van der Waals surface area contributed by atoms with Crippen LogP contribution < -0.4 is 0 Å². The molecule has 5 nitrogen and oxygen atoms in total. The number of carbonyl (C=O) groups is 1. The Morgan fingerprint density at radius 2 is 2.14 bits per heavy atom. The third-order valence-electron chi connectivity index (χ3n) is 2.73. The molecule has 0 aliphatic heterocycles. The lowest BCUT2D eigenvalue weighted by Crippen LogP contribution is -2.11. The second kappa shape index (κ2) is 8.42. The lowest BCUT2D eigenvalue weighted by Gasteiger charge is -2.06. The minimum Gasteiger partial charge on any atom is -0.462 e. The largest absolute Gasteiger partial charge is 0.462 e. The first kappa shape index (κ1) is 17.2. The van der Waals surface area contributed by atoms with Gasteiger partial charge in [-0.15, -0.1) is 0 Å². The number of esters is 1. The Labute approximate surface area is 125 Å². The number of carbonyl (C=O) groups excluding carboxylic acids is 1. The van der Waals surface area contributed by atoms with Gasteiger partial charge in [0.25, 0.3) is 0 Å². The average Bonchev–Trinajstić information content (AvgIpc) is 2.44. The zero-order chi connectivity index (χ0) is 15.7. The van der Waals surface area contributed by atoms with Crippen LogP contribution >= 0.6 is 0 Å². The van der Waals surface area contributed by atoms with Crippen molar-refractivity contribution in [1.29, 1.82) is 5.26 Å². The smallest absolute Gasteiger partial charge is 0.338 e. The van der Waals surface area contributed by atoms with Gasteiger partial charge in [0.15, 0.2) is 9.84 Å². The maximum absolute atomic E-state index is 11.9. The highest BCUT2D eigenvalue weighted by atomic mass is 32.2. The second-order valence-electron chi connectivity index (χ2n) is 4.69. The highest BCUT2D eigenvalue weighted by Gasteiger charge is 2.14. The van der Waals surface area contributed by atoms with Crippen molar-refractivity contribution in [2.75, 3.05) is 12.4 Å². The molecule has 0 aliphatic carbocycles. The van der Waals surface area contributed by atoms with E-state index in [9.17, 15) is 13.2 Å². The fourth-order valence-corrected chi connectivity index (χ4v) is 3.18. The topological polar surface area (TPSA) is 84.2 Å². The van der Waals surface area contributed by atoms with Crippen LogP contribution in [0.15, 0.2) is 24.3 Å². The normalized spacial score (nSPS) is 10.9. The van der Waals surface area contributed by atoms with E-state index < -0.39 is 15.8 Å². The maximum Gasteiger partial charge on any atom is 0.338 e. The molecule has 0 radical (unpaired) electrons. The van der Waals surface area contributed by atoms with Crippen LogP contribution in [0.3, 0.4) is 0 Å². The van der Waals surface area contributed by atoms with Crippen molar-refractivity contribution in [2.45, 2.75) is 31.9 Å². The molecule has 114 valence electrons. The van der Waals surface area contributed by atoms with Gasteiger partial charge in [-0.25, -0.2) is 13.2 Å². The van der Waals surface area contributed by atoms with E-state index >= 15 is 0 Å². The quantitative estimate of drug-likeness (QED) is 0.544. The van der Waals surface area contributed by atoms with E-state index in [1.54, 1.807) is 24.3 Å². The Kier molecular flexibility index (Phi) is 6.89. The van der Waals surface area contributed by atoms with Gasteiger partial charge >= 0.3 is 5.97 Å². The van der Waals surface area contributed by atoms with Crippen molar-refractivity contribution < 1.29 is 17.9 Å². The first-order chi connectivity index (χ1) is 9.98. The molecule has 0 unspecified atom stereocenters. The van der Waals surface area contributed by atoms with E-state index in [1.165, 1.54) is 0 Å². The molecule has 0 atom stereocenters. The van der Waals surface area contributed by atoms with Gasteiger partial charge in [-0.2, -0.15) is 5.26 Å². The summed E-state index contributed by atoms with van der Waals surface area (Å²) < 4.78 is 28.8. The summed E-state index contributed by atoms with van der Waals surface area (Å²) in [5, 5.41) is 8.42. The van der Waals surface area contributed by atoms with Crippen LogP contribution in [0.5, 0.6) is 0 Å². The fraction of sp³-hybridized carbons (Fsp3) is 0.467. The van der Waals surface area contributed by atoms with Gasteiger partial charge in [-0.05, 0) is 30.5 Å². The van der Waals surface area contributed by atoms with Crippen LogP contribution in [0.4, 0.5) is 0 Å². The van der Waals surface area contributed by atoms with E-state index in [2.05, 4.69) is 0 Å². The molecule has 0 heterocycles. The van der Waals surface area contributed by atoms with E-state index in [0.717, 1.165) is 6.42 Å². The minimum absolute atomic E-state index is 0.0227. The van der Waals surface area contributed by atoms with Gasteiger partial charge < -0.3 is 4.74 Å². The molecule has 0 saturated heterocycles. The molecule has 0 aliphatic rings. The summed E-state index contributed by atoms with van der Waals surface area (Å²) in [4.78, 5) is 11.7. The van der Waals surface area contributed by atoms with Crippen LogP contribution in [0.25, 0.3) is 0 Å². The summed E-state index contributed by atoms with van der Waals surface area (Å²) in [6, 6.07) is 8.37. The molecule has 0 N–H and O–H groups in total. The predicted molar refractivity (Wildman–Crippen MR) is 79.4 cm³/mol. The summed E-state index contributed by atoms with van der Waals surface area (Å²) >= 11 is 0. The van der Waals surface area contributed by atoms with Gasteiger partial charge in [-0.3, -0.25) is 0 Å². The molecule has 0 saturated carbocycles. The van der Waals surface area contributed by atoms with Crippen LogP contribution in [0.1, 0.15) is 42.1 Å². The van der Waals surface area contributed by atoms with Crippen molar-refractivity contribution in [3.63, 3.8) is 0 Å². The molecule has 21 heavy (non-hydrogen) atoms. The van der Waals surface area contributed by atoms with E-state index in [0.29, 0.717) is 24.2 Å². The second-order valence-corrected chi connectivity index (χ2v) is 6.87. The summed E-state index contributed by atoms with van der Waals surface area (Å²) in [6.45, 7) is 2.24. The van der Waals surface area contributed by atoms with Gasteiger partial charge in [0.2, 0.25) is 0 Å². The molecule has 1 aromatic rings. The highest BCUT2D eigenvalue weighted by molar-refractivity contribution is 7.90. The minimum atomic E-state index is -3.27. The number of rotatable bonds is 8. The fourth-order valence-electron chi connectivity index (χ4n) is 1.76. The number of sulfone groups is 1. The summed E-state index contributed by atoms with van der Waals surface area (Å²) in [5.41, 5.74) is 0.908. The Bertz CT molecular complexity index is 617. The molecular weight excluding hydrogens is 290 g/mol. The number of nitriles is 1. The molecule has 0 aromatic heterocycles. The maximum atomic E-state index is 11.9. The Balaban J connectivity index is 2.72. The highest BCUT2D eigenvalue weighted by Crippen LogP contribution is 2.12. The first-order valence-corrected chi connectivity index (χ1v) is 8.64. The monoisotopic (exact) mass is 309 g/mol. The van der Waals surface area contributed by atoms with Gasteiger partial charge in [-0.1, -0.05) is 19.1 Å². The SMILES string of the molecule is CCCOC(=O)c1cccc(CS(=O)(=O)CCCC#N)c1. The van der Waals surface area contributed by atoms with Crippen LogP contribution in [-0.2, 0) is 20.3 Å². The lowest BCUT2D eigenvalue weighted by molar-refractivity contribution is 0.0505. The molecular formula is C15H19NO4S. The van der Waals surface area contributed by atoms with Crippen molar-refractivity contribution in [2.24, 2.45) is 0 Å². The number of unbranched alkanes of at least 4 members (excludes halogenated alkanes) is 1. The molecule has 0 amide bonds. The summed E-state index contributed by atoms with van der Waals surface area (Å²) in [6.07, 6.45) is 1.29. The molecule has 0 spiro atoms. The van der Waals surface area contributed by atoms with Gasteiger partial charge in [0.05, 0.1) is 29.7 Å². The van der Waals surface area contributed by atoms with Crippen LogP contribution in [0.2, 0.25) is 0 Å². The zero-order valence-electron chi connectivity index (χ0n) is 12.0. The Morgan fingerprint density at radius 1 is 1.38 bits per heavy atom. The van der Waals surface area contributed by atoms with Gasteiger partial charge in [0, 0.05) is 6.42 Å². The summed E-state index contributed by atoms with van der Waals surface area (Å²) in [5.74, 6) is -0.598. The molecule has 1 aromatic carbocycles. The number of ether oxygens (including phenoxy) is 1. The standard InChI is InChI=1S/C15H19NO4S/c1-2-9-20-15(17)14-7-5-6-13(11-14)12-21(18,19)10-4-3-8-16/h5-7,11H,2-4,9-10,12H2,1H3. The third-order valence-corrected chi connectivity index (χ3v) is 4.41. The Hall–Kier alpha value is -1.87. The predicted octanol–water partition coefficient (Wildman–Crippen LogP) is 2.47. The summed E-state index contributed by atoms with van der Waals surface area (Å²) in [7, 11) is -3.27. The van der Waals surface area contributed by atoms with Crippen molar-refractivity contribution >= 4 is 15.8 Å². The van der Waals surface area contributed by atoms with E-state index in [4.69, 9.17) is 10.00 Å². The lowest BCUT2D eigenvalue weighted by atomic mass is 10.1. The van der Waals surface area contributed by atoms with E-state index in [1.807, 2.05) is 13.0 Å². The van der Waals surface area contributed by atoms with Crippen molar-refractivity contribution in [3.8, 4) is 6.07 Å². The van der Waals surface area contributed by atoms with Gasteiger partial charge in [0.1, 0.15) is 0 Å². The van der Waals surface area contributed by atoms with Crippen LogP contribution in [0, 0.1) is 11.3 Å². The molecule has 0 bridgehead atoms. The average molecular weight is 309 g/mol.